The van der Waals surface area contributed by atoms with Gasteiger partial charge in [0.15, 0.2) is 0 Å². The van der Waals surface area contributed by atoms with Crippen molar-refractivity contribution in [2.24, 2.45) is 0 Å². The number of benzene rings is 4. The number of hydrogen-bond donors (Lipinski definition) is 1. The van der Waals surface area contributed by atoms with E-state index in [0.29, 0.717) is 0 Å². The summed E-state index contributed by atoms with van der Waals surface area (Å²) in [5, 5.41) is 5.08. The molecular formula is C25H22BBr2N2O. The third-order valence-electron chi connectivity index (χ3n) is 4.17. The molecule has 155 valence electrons. The van der Waals surface area contributed by atoms with Gasteiger partial charge < -0.3 is 10.1 Å². The van der Waals surface area contributed by atoms with E-state index < -0.39 is 0 Å². The molecule has 1 radical (unpaired) electrons. The fraction of sp³-hybridized carbons (Fsp3) is 0.0400. The Kier molecular flexibility index (Phi) is 9.22. The van der Waals surface area contributed by atoms with Crippen molar-refractivity contribution in [3.05, 3.63) is 118 Å². The molecule has 0 heterocycles. The van der Waals surface area contributed by atoms with Gasteiger partial charge in [0.2, 0.25) is 0 Å². The van der Waals surface area contributed by atoms with Crippen molar-refractivity contribution in [2.75, 3.05) is 10.4 Å². The Morgan fingerprint density at radius 2 is 1.00 bits per heavy atom. The molecule has 0 aliphatic rings. The topological polar surface area (TPSA) is 24.5 Å². The summed E-state index contributed by atoms with van der Waals surface area (Å²) in [5.41, 5.74) is 4.18. The van der Waals surface area contributed by atoms with Crippen molar-refractivity contribution in [3.63, 3.8) is 0 Å². The van der Waals surface area contributed by atoms with Gasteiger partial charge in [-0.3, -0.25) is 0 Å². The van der Waals surface area contributed by atoms with E-state index in [1.807, 2.05) is 116 Å². The minimum Gasteiger partial charge on any atom is -0.356 e. The third kappa shape index (κ3) is 7.58. The lowest BCUT2D eigenvalue weighted by atomic mass is 10.1. The highest BCUT2D eigenvalue weighted by Crippen LogP contribution is 2.28. The summed E-state index contributed by atoms with van der Waals surface area (Å²) in [6.45, 7) is 1.85. The molecule has 0 fully saturated rings. The maximum atomic E-state index is 5.57. The van der Waals surface area contributed by atoms with Gasteiger partial charge in [0.25, 0.3) is 0 Å². The Labute approximate surface area is 201 Å². The van der Waals surface area contributed by atoms with E-state index in [4.69, 9.17) is 4.76 Å². The van der Waals surface area contributed by atoms with Crippen LogP contribution in [0, 0.1) is 0 Å². The van der Waals surface area contributed by atoms with Crippen molar-refractivity contribution >= 4 is 62.1 Å². The number of rotatable bonds is 6. The molecule has 0 atom stereocenters. The van der Waals surface area contributed by atoms with Crippen LogP contribution >= 0.6 is 31.9 Å². The van der Waals surface area contributed by atoms with Crippen LogP contribution in [0.15, 0.2) is 118 Å². The normalized spacial score (nSPS) is 9.90. The number of halogens is 2. The average molecular weight is 537 g/mol. The summed E-state index contributed by atoms with van der Waals surface area (Å²) in [5.74, 6) is 0. The largest absolute Gasteiger partial charge is 0.356 e. The lowest BCUT2D eigenvalue weighted by molar-refractivity contribution is 0.346. The second-order valence-electron chi connectivity index (χ2n) is 6.45. The molecule has 0 amide bonds. The highest BCUT2D eigenvalue weighted by molar-refractivity contribution is 9.10. The Bertz CT molecular complexity index is 948. The Balaban J connectivity index is 0.000000185. The lowest BCUT2D eigenvalue weighted by Crippen LogP contribution is -2.18. The molecule has 0 saturated carbocycles. The van der Waals surface area contributed by atoms with Crippen LogP contribution in [0.3, 0.4) is 0 Å². The summed E-state index contributed by atoms with van der Waals surface area (Å²) in [6, 6.07) is 36.2. The zero-order valence-electron chi connectivity index (χ0n) is 17.1. The van der Waals surface area contributed by atoms with E-state index in [1.165, 1.54) is 0 Å². The van der Waals surface area contributed by atoms with Gasteiger partial charge in [-0.15, -0.1) is 0 Å². The zero-order valence-corrected chi connectivity index (χ0v) is 20.3. The first-order valence-corrected chi connectivity index (χ1v) is 11.4. The molecule has 0 aliphatic carbocycles. The minimum atomic E-state index is 0.971. The van der Waals surface area contributed by atoms with Crippen molar-refractivity contribution in [1.82, 2.24) is 0 Å². The average Bonchev–Trinajstić information content (AvgIpc) is 2.81. The van der Waals surface area contributed by atoms with Gasteiger partial charge in [-0.2, -0.15) is 0 Å². The van der Waals surface area contributed by atoms with Crippen LogP contribution in [-0.4, -0.2) is 7.48 Å². The number of nitrogens with one attached hydrogen (secondary N) is 1. The zero-order chi connectivity index (χ0) is 21.9. The Morgan fingerprint density at radius 1 is 0.613 bits per heavy atom. The van der Waals surface area contributed by atoms with Gasteiger partial charge >= 0.3 is 7.48 Å². The van der Waals surface area contributed by atoms with E-state index >= 15 is 0 Å². The molecule has 3 nitrogen and oxygen atoms in total. The fourth-order valence-corrected chi connectivity index (χ4v) is 3.27. The summed E-state index contributed by atoms with van der Waals surface area (Å²) in [7, 11) is 1.66. The second kappa shape index (κ2) is 12.4. The van der Waals surface area contributed by atoms with Crippen LogP contribution in [0.1, 0.15) is 0 Å². The molecule has 0 unspecified atom stereocenters. The molecule has 0 spiro atoms. The van der Waals surface area contributed by atoms with E-state index in [9.17, 15) is 0 Å². The van der Waals surface area contributed by atoms with Crippen LogP contribution in [0.4, 0.5) is 22.7 Å². The SMILES string of the molecule is C[B]ON(c1ccc(Br)cc1)c1ccc(Br)cc1.c1ccc(Nc2ccccc2)cc1. The Morgan fingerprint density at radius 3 is 1.35 bits per heavy atom. The molecule has 0 aromatic heterocycles. The standard InChI is InChI=1S/C13H11BBr2NO.C12H11N/c1-14-18-17(12-6-2-10(15)3-7-12)13-8-4-11(16)5-9-13;1-3-7-11(8-4-1)13-12-9-5-2-6-10-12/h2-9H,1H3;1-10,13H. The van der Waals surface area contributed by atoms with Crippen LogP contribution < -0.4 is 10.4 Å². The van der Waals surface area contributed by atoms with E-state index in [-0.39, 0.29) is 0 Å². The molecule has 4 aromatic carbocycles. The monoisotopic (exact) mass is 535 g/mol. The second-order valence-corrected chi connectivity index (χ2v) is 8.28. The molecule has 1 N–H and O–H groups in total. The molecule has 4 aromatic rings. The van der Waals surface area contributed by atoms with Crippen LogP contribution in [0.2, 0.25) is 6.82 Å². The molecule has 0 saturated heterocycles. The highest BCUT2D eigenvalue weighted by atomic mass is 79.9. The molecular weight excluding hydrogens is 515 g/mol. The van der Waals surface area contributed by atoms with Gasteiger partial charge in [-0.1, -0.05) is 75.1 Å². The number of hydrogen-bond acceptors (Lipinski definition) is 3. The first-order chi connectivity index (χ1) is 15.2. The van der Waals surface area contributed by atoms with Crippen molar-refractivity contribution < 1.29 is 4.76 Å². The van der Waals surface area contributed by atoms with Crippen LogP contribution in [-0.2, 0) is 4.76 Å². The Hall–Kier alpha value is -2.54. The van der Waals surface area contributed by atoms with Crippen molar-refractivity contribution in [2.45, 2.75) is 6.82 Å². The van der Waals surface area contributed by atoms with E-state index in [2.05, 4.69) is 37.2 Å². The summed E-state index contributed by atoms with van der Waals surface area (Å²) < 4.78 is 7.66. The molecule has 31 heavy (non-hydrogen) atoms. The van der Waals surface area contributed by atoms with Gasteiger partial charge in [-0.05, 0) is 72.8 Å². The number of nitrogens with zero attached hydrogens (tertiary/aromatic N) is 1. The first kappa shape index (κ1) is 23.1. The van der Waals surface area contributed by atoms with Crippen molar-refractivity contribution in [3.8, 4) is 0 Å². The quantitative estimate of drug-likeness (QED) is 0.198. The third-order valence-corrected chi connectivity index (χ3v) is 5.23. The highest BCUT2D eigenvalue weighted by Gasteiger charge is 2.09. The molecule has 6 heteroatoms. The predicted octanol–water partition coefficient (Wildman–Crippen LogP) is 8.38. The first-order valence-electron chi connectivity index (χ1n) is 9.78. The molecule has 0 aliphatic heterocycles. The summed E-state index contributed by atoms with van der Waals surface area (Å²) in [4.78, 5) is 0. The summed E-state index contributed by atoms with van der Waals surface area (Å²) in [6.07, 6.45) is 0. The number of para-hydroxylation sites is 2. The van der Waals surface area contributed by atoms with Crippen molar-refractivity contribution in [1.29, 1.82) is 0 Å². The van der Waals surface area contributed by atoms with Gasteiger partial charge in [0.05, 0.1) is 11.4 Å². The maximum Gasteiger partial charge on any atom is 0.331 e. The lowest BCUT2D eigenvalue weighted by Gasteiger charge is -2.24. The molecule has 4 rings (SSSR count). The minimum absolute atomic E-state index is 0.971. The van der Waals surface area contributed by atoms with Gasteiger partial charge in [-0.25, -0.2) is 5.06 Å². The smallest absolute Gasteiger partial charge is 0.331 e. The van der Waals surface area contributed by atoms with Gasteiger partial charge in [0, 0.05) is 20.3 Å². The summed E-state index contributed by atoms with van der Waals surface area (Å²) >= 11 is 6.85. The number of anilines is 4. The maximum absolute atomic E-state index is 5.57. The fourth-order valence-electron chi connectivity index (χ4n) is 2.74. The van der Waals surface area contributed by atoms with Crippen LogP contribution in [0.5, 0.6) is 0 Å². The van der Waals surface area contributed by atoms with Crippen LogP contribution in [0.25, 0.3) is 0 Å². The van der Waals surface area contributed by atoms with E-state index in [0.717, 1.165) is 31.7 Å². The van der Waals surface area contributed by atoms with Gasteiger partial charge in [0.1, 0.15) is 0 Å². The molecule has 0 bridgehead atoms. The van der Waals surface area contributed by atoms with E-state index in [1.54, 1.807) is 12.5 Å². The predicted molar refractivity (Wildman–Crippen MR) is 139 cm³/mol.